The maximum atomic E-state index is 10.8. The molecule has 1 rings (SSSR count). The molecule has 1 aromatic rings. The van der Waals surface area contributed by atoms with Crippen LogP contribution in [0, 0.1) is 0 Å². The summed E-state index contributed by atoms with van der Waals surface area (Å²) >= 11 is 0. The number of nitrogens with one attached hydrogen (secondary N) is 2. The largest absolute Gasteiger partial charge is 0.359 e. The summed E-state index contributed by atoms with van der Waals surface area (Å²) < 4.78 is 1.74. The smallest absolute Gasteiger partial charge is 0.221 e. The Bertz CT molecular complexity index is 259. The molecule has 1 amide bonds. The molecule has 0 fully saturated rings. The second-order valence-electron chi connectivity index (χ2n) is 2.84. The molecule has 0 radical (unpaired) electrons. The molecule has 0 spiro atoms. The van der Waals surface area contributed by atoms with Gasteiger partial charge >= 0.3 is 0 Å². The number of hydrogen-bond acceptors (Lipinski definition) is 4. The summed E-state index contributed by atoms with van der Waals surface area (Å²) in [7, 11) is 1.64. The maximum absolute atomic E-state index is 10.8. The van der Waals surface area contributed by atoms with Gasteiger partial charge in [-0.3, -0.25) is 9.48 Å². The Morgan fingerprint density at radius 2 is 2.36 bits per heavy atom. The normalized spacial score (nSPS) is 10.1. The van der Waals surface area contributed by atoms with E-state index in [0.29, 0.717) is 13.0 Å². The van der Waals surface area contributed by atoms with Crippen molar-refractivity contribution in [3.63, 3.8) is 0 Å². The molecule has 14 heavy (non-hydrogen) atoms. The van der Waals surface area contributed by atoms with E-state index in [4.69, 9.17) is 0 Å². The van der Waals surface area contributed by atoms with E-state index in [2.05, 4.69) is 20.9 Å². The molecule has 0 aliphatic carbocycles. The van der Waals surface area contributed by atoms with Gasteiger partial charge in [0, 0.05) is 32.8 Å². The molecule has 0 aromatic carbocycles. The minimum Gasteiger partial charge on any atom is -0.359 e. The first-order valence-electron chi connectivity index (χ1n) is 4.58. The Kier molecular flexibility index (Phi) is 4.63. The lowest BCUT2D eigenvalue weighted by Crippen LogP contribution is -2.27. The first-order valence-corrected chi connectivity index (χ1v) is 4.58. The highest BCUT2D eigenvalue weighted by Gasteiger charge is 1.96. The molecule has 0 aliphatic rings. The summed E-state index contributed by atoms with van der Waals surface area (Å²) in [6.45, 7) is 2.25. The van der Waals surface area contributed by atoms with Crippen LogP contribution in [0.2, 0.25) is 0 Å². The average Bonchev–Trinajstić information content (AvgIpc) is 2.69. The molecule has 6 nitrogen and oxygen atoms in total. The zero-order valence-electron chi connectivity index (χ0n) is 8.23. The van der Waals surface area contributed by atoms with Crippen LogP contribution in [0.5, 0.6) is 0 Å². The second kappa shape index (κ2) is 6.09. The van der Waals surface area contributed by atoms with Crippen LogP contribution >= 0.6 is 0 Å². The Morgan fingerprint density at radius 3 is 3.00 bits per heavy atom. The van der Waals surface area contributed by atoms with Crippen LogP contribution in [0.3, 0.4) is 0 Å². The standard InChI is InChI=1S/C8H15N5O/c1-9-8(14)2-3-10-4-6-13-7-5-11-12-13/h5,7,10H,2-4,6H2,1H3,(H,9,14). The van der Waals surface area contributed by atoms with Crippen molar-refractivity contribution in [2.24, 2.45) is 0 Å². The predicted octanol–water partition coefficient (Wildman–Crippen LogP) is -0.996. The van der Waals surface area contributed by atoms with Gasteiger partial charge in [-0.2, -0.15) is 0 Å². The van der Waals surface area contributed by atoms with Gasteiger partial charge in [-0.15, -0.1) is 5.10 Å². The molecule has 6 heteroatoms. The minimum atomic E-state index is 0.0539. The summed E-state index contributed by atoms with van der Waals surface area (Å²) in [5.74, 6) is 0.0539. The van der Waals surface area contributed by atoms with Crippen LogP contribution < -0.4 is 10.6 Å². The molecule has 1 heterocycles. The van der Waals surface area contributed by atoms with Crippen molar-refractivity contribution in [1.29, 1.82) is 0 Å². The molecule has 0 saturated carbocycles. The Balaban J connectivity index is 1.97. The quantitative estimate of drug-likeness (QED) is 0.574. The predicted molar refractivity (Wildman–Crippen MR) is 51.6 cm³/mol. The first kappa shape index (κ1) is 10.6. The van der Waals surface area contributed by atoms with Gasteiger partial charge in [0.1, 0.15) is 0 Å². The number of hydrogen-bond donors (Lipinski definition) is 2. The van der Waals surface area contributed by atoms with Crippen LogP contribution in [0.4, 0.5) is 0 Å². The van der Waals surface area contributed by atoms with Gasteiger partial charge in [-0.25, -0.2) is 0 Å². The number of carbonyl (C=O) groups is 1. The molecule has 2 N–H and O–H groups in total. The summed E-state index contributed by atoms with van der Waals surface area (Å²) in [6, 6.07) is 0. The third-order valence-electron chi connectivity index (χ3n) is 1.80. The van der Waals surface area contributed by atoms with Crippen molar-refractivity contribution < 1.29 is 4.79 Å². The van der Waals surface area contributed by atoms with E-state index >= 15 is 0 Å². The highest BCUT2D eigenvalue weighted by molar-refractivity contribution is 5.75. The van der Waals surface area contributed by atoms with Crippen molar-refractivity contribution in [2.45, 2.75) is 13.0 Å². The molecule has 0 saturated heterocycles. The van der Waals surface area contributed by atoms with E-state index in [1.165, 1.54) is 0 Å². The number of nitrogens with zero attached hydrogens (tertiary/aromatic N) is 3. The molecule has 0 aliphatic heterocycles. The fourth-order valence-electron chi connectivity index (χ4n) is 0.998. The Morgan fingerprint density at radius 1 is 1.50 bits per heavy atom. The lowest BCUT2D eigenvalue weighted by Gasteiger charge is -2.03. The second-order valence-corrected chi connectivity index (χ2v) is 2.84. The monoisotopic (exact) mass is 197 g/mol. The van der Waals surface area contributed by atoms with Gasteiger partial charge in [-0.05, 0) is 0 Å². The molecule has 1 aromatic heterocycles. The number of carbonyl (C=O) groups excluding carboxylic acids is 1. The van der Waals surface area contributed by atoms with Crippen molar-refractivity contribution in [3.8, 4) is 0 Å². The zero-order chi connectivity index (χ0) is 10.2. The highest BCUT2D eigenvalue weighted by atomic mass is 16.1. The third kappa shape index (κ3) is 3.99. The topological polar surface area (TPSA) is 71.8 Å². The van der Waals surface area contributed by atoms with Gasteiger partial charge in [0.2, 0.25) is 5.91 Å². The van der Waals surface area contributed by atoms with E-state index in [9.17, 15) is 4.79 Å². The average molecular weight is 197 g/mol. The molecule has 0 unspecified atom stereocenters. The summed E-state index contributed by atoms with van der Waals surface area (Å²) in [4.78, 5) is 10.8. The van der Waals surface area contributed by atoms with Crippen LogP contribution in [0.15, 0.2) is 12.4 Å². The van der Waals surface area contributed by atoms with Gasteiger partial charge in [0.25, 0.3) is 0 Å². The van der Waals surface area contributed by atoms with Crippen LogP contribution in [-0.2, 0) is 11.3 Å². The van der Waals surface area contributed by atoms with Gasteiger partial charge < -0.3 is 10.6 Å². The summed E-state index contributed by atoms with van der Waals surface area (Å²) in [6.07, 6.45) is 3.96. The Labute approximate surface area is 82.7 Å². The zero-order valence-corrected chi connectivity index (χ0v) is 8.23. The van der Waals surface area contributed by atoms with Crippen molar-refractivity contribution in [2.75, 3.05) is 20.1 Å². The minimum absolute atomic E-state index is 0.0539. The Hall–Kier alpha value is -1.43. The van der Waals surface area contributed by atoms with E-state index in [1.807, 2.05) is 0 Å². The fraction of sp³-hybridized carbons (Fsp3) is 0.625. The molecular formula is C8H15N5O. The SMILES string of the molecule is CNC(=O)CCNCCn1ccnn1. The van der Waals surface area contributed by atoms with Crippen LogP contribution in [0.25, 0.3) is 0 Å². The molecule has 0 bridgehead atoms. The molecular weight excluding hydrogens is 182 g/mol. The van der Waals surface area contributed by atoms with Crippen molar-refractivity contribution in [3.05, 3.63) is 12.4 Å². The van der Waals surface area contributed by atoms with Crippen molar-refractivity contribution in [1.82, 2.24) is 25.6 Å². The van der Waals surface area contributed by atoms with Gasteiger partial charge in [-0.1, -0.05) is 5.21 Å². The van der Waals surface area contributed by atoms with Crippen LogP contribution in [-0.4, -0.2) is 41.0 Å². The van der Waals surface area contributed by atoms with Gasteiger partial charge in [0.05, 0.1) is 12.7 Å². The van der Waals surface area contributed by atoms with Gasteiger partial charge in [0.15, 0.2) is 0 Å². The van der Waals surface area contributed by atoms with E-state index < -0.39 is 0 Å². The number of amides is 1. The lowest BCUT2D eigenvalue weighted by molar-refractivity contribution is -0.120. The van der Waals surface area contributed by atoms with Crippen LogP contribution in [0.1, 0.15) is 6.42 Å². The van der Waals surface area contributed by atoms with E-state index in [0.717, 1.165) is 13.1 Å². The van der Waals surface area contributed by atoms with E-state index in [-0.39, 0.29) is 5.91 Å². The lowest BCUT2D eigenvalue weighted by atomic mass is 10.4. The van der Waals surface area contributed by atoms with E-state index in [1.54, 1.807) is 24.1 Å². The number of rotatable bonds is 6. The number of aromatic nitrogens is 3. The third-order valence-corrected chi connectivity index (χ3v) is 1.80. The molecule has 0 atom stereocenters. The fourth-order valence-corrected chi connectivity index (χ4v) is 0.998. The first-order chi connectivity index (χ1) is 6.83. The van der Waals surface area contributed by atoms with Crippen molar-refractivity contribution >= 4 is 5.91 Å². The highest BCUT2D eigenvalue weighted by Crippen LogP contribution is 1.80. The summed E-state index contributed by atoms with van der Waals surface area (Å²) in [5, 5.41) is 13.2. The summed E-state index contributed by atoms with van der Waals surface area (Å²) in [5.41, 5.74) is 0. The molecule has 78 valence electrons. The maximum Gasteiger partial charge on any atom is 0.221 e.